The summed E-state index contributed by atoms with van der Waals surface area (Å²) in [6, 6.07) is 23.3. The van der Waals surface area contributed by atoms with Gasteiger partial charge < -0.3 is 19.5 Å². The van der Waals surface area contributed by atoms with Crippen LogP contribution >= 0.6 is 22.6 Å². The molecule has 0 aromatic heterocycles. The zero-order valence-corrected chi connectivity index (χ0v) is 23.8. The molecule has 40 heavy (non-hydrogen) atoms. The number of amides is 1. The topological polar surface area (TPSA) is 124 Å². The SMILES string of the molecule is CCOc1cc(/C=C(/C#N)C(=O)Nc2ccc([N+](=O)[O-])cc2OC)cc(I)c1OCc1cccc2ccccc12. The van der Waals surface area contributed by atoms with E-state index in [1.807, 2.05) is 37.3 Å². The normalized spacial score (nSPS) is 11.0. The van der Waals surface area contributed by atoms with Crippen molar-refractivity contribution in [3.05, 3.63) is 103 Å². The molecule has 0 saturated carbocycles. The van der Waals surface area contributed by atoms with Gasteiger partial charge in [0.1, 0.15) is 24.0 Å². The monoisotopic (exact) mass is 649 g/mol. The molecule has 202 valence electrons. The van der Waals surface area contributed by atoms with Crippen molar-refractivity contribution in [3.63, 3.8) is 0 Å². The Balaban J connectivity index is 1.59. The van der Waals surface area contributed by atoms with Gasteiger partial charge in [0.05, 0.1) is 34.0 Å². The highest BCUT2D eigenvalue weighted by Gasteiger charge is 2.18. The Morgan fingerprint density at radius 3 is 2.58 bits per heavy atom. The summed E-state index contributed by atoms with van der Waals surface area (Å²) in [5, 5.41) is 25.6. The van der Waals surface area contributed by atoms with E-state index in [1.54, 1.807) is 12.1 Å². The van der Waals surface area contributed by atoms with Gasteiger partial charge in [0.15, 0.2) is 11.5 Å². The Kier molecular flexibility index (Phi) is 9.19. The van der Waals surface area contributed by atoms with E-state index in [4.69, 9.17) is 14.2 Å². The van der Waals surface area contributed by atoms with Gasteiger partial charge in [0.25, 0.3) is 11.6 Å². The molecule has 4 rings (SSSR count). The Hall–Kier alpha value is -4.63. The van der Waals surface area contributed by atoms with Gasteiger partial charge in [-0.2, -0.15) is 5.26 Å². The van der Waals surface area contributed by atoms with Crippen molar-refractivity contribution in [2.75, 3.05) is 19.0 Å². The summed E-state index contributed by atoms with van der Waals surface area (Å²) in [4.78, 5) is 23.4. The third-order valence-corrected chi connectivity index (χ3v) is 6.71. The number of nitro benzene ring substituents is 1. The van der Waals surface area contributed by atoms with Gasteiger partial charge in [0, 0.05) is 6.07 Å². The average Bonchev–Trinajstić information content (AvgIpc) is 2.95. The number of carbonyl (C=O) groups excluding carboxylic acids is 1. The zero-order chi connectivity index (χ0) is 28.6. The number of carbonyl (C=O) groups is 1. The number of nitro groups is 1. The Bertz CT molecular complexity index is 1660. The number of benzene rings is 4. The first kappa shape index (κ1) is 28.4. The third-order valence-electron chi connectivity index (χ3n) is 5.90. The largest absolute Gasteiger partial charge is 0.494 e. The number of hydrogen-bond acceptors (Lipinski definition) is 7. The highest BCUT2D eigenvalue weighted by Crippen LogP contribution is 2.36. The minimum Gasteiger partial charge on any atom is -0.494 e. The van der Waals surface area contributed by atoms with Gasteiger partial charge in [-0.15, -0.1) is 0 Å². The van der Waals surface area contributed by atoms with Gasteiger partial charge in [0.2, 0.25) is 0 Å². The van der Waals surface area contributed by atoms with Crippen LogP contribution in [0.1, 0.15) is 18.1 Å². The summed E-state index contributed by atoms with van der Waals surface area (Å²) >= 11 is 2.14. The van der Waals surface area contributed by atoms with Crippen LogP contribution in [0.4, 0.5) is 11.4 Å². The number of ether oxygens (including phenoxy) is 3. The van der Waals surface area contributed by atoms with Gasteiger partial charge in [-0.25, -0.2) is 0 Å². The average molecular weight is 649 g/mol. The molecular weight excluding hydrogens is 625 g/mol. The summed E-state index contributed by atoms with van der Waals surface area (Å²) in [5.41, 5.74) is 1.42. The Morgan fingerprint density at radius 2 is 1.85 bits per heavy atom. The van der Waals surface area contributed by atoms with Gasteiger partial charge >= 0.3 is 0 Å². The number of methoxy groups -OCH3 is 1. The minimum absolute atomic E-state index is 0.0979. The second kappa shape index (κ2) is 12.9. The van der Waals surface area contributed by atoms with Crippen LogP contribution in [0.3, 0.4) is 0 Å². The van der Waals surface area contributed by atoms with E-state index in [1.165, 1.54) is 31.4 Å². The molecule has 0 aliphatic heterocycles. The minimum atomic E-state index is -0.695. The fraction of sp³-hybridized carbons (Fsp3) is 0.133. The number of fused-ring (bicyclic) bond motifs is 1. The molecule has 0 heterocycles. The summed E-state index contributed by atoms with van der Waals surface area (Å²) in [6.45, 7) is 2.57. The molecule has 0 aliphatic rings. The fourth-order valence-corrected chi connectivity index (χ4v) is 4.83. The molecule has 10 heteroatoms. The highest BCUT2D eigenvalue weighted by atomic mass is 127. The molecule has 4 aromatic rings. The Labute approximate surface area is 244 Å². The molecule has 4 aromatic carbocycles. The molecule has 0 spiro atoms. The summed E-state index contributed by atoms with van der Waals surface area (Å²) in [6.07, 6.45) is 1.44. The maximum atomic E-state index is 12.9. The molecule has 0 radical (unpaired) electrons. The molecule has 0 atom stereocenters. The number of anilines is 1. The van der Waals surface area contributed by atoms with Crippen molar-refractivity contribution in [1.82, 2.24) is 0 Å². The lowest BCUT2D eigenvalue weighted by Crippen LogP contribution is -2.14. The van der Waals surface area contributed by atoms with E-state index < -0.39 is 10.8 Å². The lowest BCUT2D eigenvalue weighted by molar-refractivity contribution is -0.384. The fourth-order valence-electron chi connectivity index (χ4n) is 4.04. The standard InChI is InChI=1S/C30H24IN3O6/c1-3-39-28-15-19(13-22(17-32)30(35)33-26-12-11-23(34(36)37)16-27(26)38-2)14-25(31)29(28)40-18-21-9-6-8-20-7-4-5-10-24(20)21/h4-16H,3,18H2,1-2H3,(H,33,35)/b22-13-. The number of rotatable bonds is 10. The molecule has 0 aliphatic carbocycles. The van der Waals surface area contributed by atoms with Crippen LogP contribution in [0.5, 0.6) is 17.2 Å². The summed E-state index contributed by atoms with van der Waals surface area (Å²) < 4.78 is 18.0. The molecule has 1 amide bonds. The Morgan fingerprint density at radius 1 is 1.07 bits per heavy atom. The first-order valence-corrected chi connectivity index (χ1v) is 13.2. The van der Waals surface area contributed by atoms with Gasteiger partial charge in [-0.3, -0.25) is 14.9 Å². The predicted molar refractivity (Wildman–Crippen MR) is 160 cm³/mol. The smallest absolute Gasteiger partial charge is 0.273 e. The van der Waals surface area contributed by atoms with E-state index >= 15 is 0 Å². The first-order chi connectivity index (χ1) is 19.3. The van der Waals surface area contributed by atoms with Crippen molar-refractivity contribution in [2.24, 2.45) is 0 Å². The molecule has 0 unspecified atom stereocenters. The number of halogens is 1. The number of hydrogen-bond donors (Lipinski definition) is 1. The summed E-state index contributed by atoms with van der Waals surface area (Å²) in [5.74, 6) is 0.446. The van der Waals surface area contributed by atoms with Crippen LogP contribution in [0, 0.1) is 25.0 Å². The van der Waals surface area contributed by atoms with E-state index in [9.17, 15) is 20.2 Å². The molecule has 0 fully saturated rings. The molecule has 0 bridgehead atoms. The van der Waals surface area contributed by atoms with Crippen LogP contribution in [0.2, 0.25) is 0 Å². The number of nitrogens with zero attached hydrogens (tertiary/aromatic N) is 2. The molecule has 9 nitrogen and oxygen atoms in total. The summed E-state index contributed by atoms with van der Waals surface area (Å²) in [7, 11) is 1.33. The second-order valence-electron chi connectivity index (χ2n) is 8.46. The van der Waals surface area contributed by atoms with Crippen LogP contribution in [-0.2, 0) is 11.4 Å². The number of nitrogens with one attached hydrogen (secondary N) is 1. The van der Waals surface area contributed by atoms with Gasteiger partial charge in [-0.05, 0) is 75.7 Å². The lowest BCUT2D eigenvalue weighted by atomic mass is 10.1. The van der Waals surface area contributed by atoms with E-state index in [-0.39, 0.29) is 22.7 Å². The molecule has 1 N–H and O–H groups in total. The number of non-ortho nitro benzene ring substituents is 1. The third kappa shape index (κ3) is 6.50. The van der Waals surface area contributed by atoms with Crippen molar-refractivity contribution in [3.8, 4) is 23.3 Å². The maximum absolute atomic E-state index is 12.9. The van der Waals surface area contributed by atoms with E-state index in [0.717, 1.165) is 19.9 Å². The zero-order valence-electron chi connectivity index (χ0n) is 21.6. The van der Waals surface area contributed by atoms with Crippen molar-refractivity contribution in [2.45, 2.75) is 13.5 Å². The van der Waals surface area contributed by atoms with E-state index in [2.05, 4.69) is 46.1 Å². The lowest BCUT2D eigenvalue weighted by Gasteiger charge is -2.16. The molecular formula is C30H24IN3O6. The quantitative estimate of drug-likeness (QED) is 0.0653. The maximum Gasteiger partial charge on any atom is 0.273 e. The van der Waals surface area contributed by atoms with Crippen LogP contribution < -0.4 is 19.5 Å². The predicted octanol–water partition coefficient (Wildman–Crippen LogP) is 6.88. The van der Waals surface area contributed by atoms with Crippen molar-refractivity contribution >= 4 is 56.7 Å². The number of nitriles is 1. The first-order valence-electron chi connectivity index (χ1n) is 12.2. The van der Waals surface area contributed by atoms with E-state index in [0.29, 0.717) is 30.3 Å². The van der Waals surface area contributed by atoms with Gasteiger partial charge in [-0.1, -0.05) is 42.5 Å². The van der Waals surface area contributed by atoms with Crippen molar-refractivity contribution in [1.29, 1.82) is 5.26 Å². The van der Waals surface area contributed by atoms with Crippen LogP contribution in [-0.4, -0.2) is 24.5 Å². The van der Waals surface area contributed by atoms with Crippen LogP contribution in [0.15, 0.2) is 78.4 Å². The highest BCUT2D eigenvalue weighted by molar-refractivity contribution is 14.1. The molecule has 0 saturated heterocycles. The van der Waals surface area contributed by atoms with Crippen molar-refractivity contribution < 1.29 is 23.9 Å². The van der Waals surface area contributed by atoms with Crippen LogP contribution in [0.25, 0.3) is 16.8 Å². The second-order valence-corrected chi connectivity index (χ2v) is 9.62.